The molecular weight excluding hydrogens is 1210 g/mol. The largest absolute Gasteiger partial charge is 0.472 e. The second-order valence-electron chi connectivity index (χ2n) is 27.3. The van der Waals surface area contributed by atoms with Crippen molar-refractivity contribution in [2.24, 2.45) is 11.8 Å². The predicted octanol–water partition coefficient (Wildman–Crippen LogP) is 21.2. The fraction of sp³-hybridized carbons (Fsp3) is 0.945. The van der Waals surface area contributed by atoms with Crippen LogP contribution in [0.15, 0.2) is 0 Å². The number of unbranched alkanes of at least 4 members (excludes halogenated alkanes) is 42. The third-order valence-electron chi connectivity index (χ3n) is 17.0. The van der Waals surface area contributed by atoms with Crippen LogP contribution < -0.4 is 0 Å². The van der Waals surface area contributed by atoms with Gasteiger partial charge >= 0.3 is 39.5 Å². The van der Waals surface area contributed by atoms with Crippen LogP contribution in [0.2, 0.25) is 0 Å². The van der Waals surface area contributed by atoms with Crippen LogP contribution in [0.4, 0.5) is 0 Å². The molecule has 0 saturated carbocycles. The highest BCUT2D eigenvalue weighted by atomic mass is 31.2. The van der Waals surface area contributed by atoms with Crippen molar-refractivity contribution in [3.05, 3.63) is 0 Å². The third kappa shape index (κ3) is 66.7. The molecule has 0 aliphatic heterocycles. The lowest BCUT2D eigenvalue weighted by Gasteiger charge is -2.21. The molecule has 92 heavy (non-hydrogen) atoms. The lowest BCUT2D eigenvalue weighted by Crippen LogP contribution is -2.30. The van der Waals surface area contributed by atoms with Gasteiger partial charge in [-0.2, -0.15) is 0 Å². The SMILES string of the molecule is CCCCCCCCCCCCCCCCCCCCC(=O)O[C@H](COC(=O)CCCCCCCCCCCCC(C)C)COP(=O)(O)OC[C@@H](O)COP(=O)(O)OC[C@@H](COC(=O)CCCCCCCCC(C)C)OC(=O)CCCCCCCCCCCCCC. The van der Waals surface area contributed by atoms with Crippen molar-refractivity contribution in [3.8, 4) is 0 Å². The van der Waals surface area contributed by atoms with Gasteiger partial charge in [0.25, 0.3) is 0 Å². The average Bonchev–Trinajstić information content (AvgIpc) is 3.25. The number of aliphatic hydroxyl groups is 1. The Morgan fingerprint density at radius 1 is 0.293 bits per heavy atom. The molecule has 0 aromatic heterocycles. The van der Waals surface area contributed by atoms with Crippen LogP contribution in [0.25, 0.3) is 0 Å². The van der Waals surface area contributed by atoms with Crippen LogP contribution in [0.1, 0.15) is 375 Å². The summed E-state index contributed by atoms with van der Waals surface area (Å²) in [4.78, 5) is 72.6. The normalized spacial score (nSPS) is 14.1. The van der Waals surface area contributed by atoms with Crippen LogP contribution >= 0.6 is 15.6 Å². The summed E-state index contributed by atoms with van der Waals surface area (Å²) < 4.78 is 68.4. The van der Waals surface area contributed by atoms with Gasteiger partial charge in [-0.25, -0.2) is 9.13 Å². The number of esters is 4. The predicted molar refractivity (Wildman–Crippen MR) is 372 cm³/mol. The highest BCUT2D eigenvalue weighted by Crippen LogP contribution is 2.45. The van der Waals surface area contributed by atoms with E-state index in [4.69, 9.17) is 37.0 Å². The molecule has 0 saturated heterocycles. The Kier molecular flexibility index (Phi) is 63.7. The molecule has 2 unspecified atom stereocenters. The summed E-state index contributed by atoms with van der Waals surface area (Å²) in [5.74, 6) is -0.683. The number of hydrogen-bond acceptors (Lipinski definition) is 15. The van der Waals surface area contributed by atoms with Crippen molar-refractivity contribution < 1.29 is 80.2 Å². The van der Waals surface area contributed by atoms with Gasteiger partial charge in [-0.15, -0.1) is 0 Å². The number of phosphoric ester groups is 2. The minimum atomic E-state index is -4.95. The molecule has 0 amide bonds. The Labute approximate surface area is 562 Å². The highest BCUT2D eigenvalue weighted by molar-refractivity contribution is 7.47. The quantitative estimate of drug-likeness (QED) is 0.0222. The molecule has 3 N–H and O–H groups in total. The summed E-state index contributed by atoms with van der Waals surface area (Å²) in [6.07, 6.45) is 51.5. The number of rotatable bonds is 72. The summed E-state index contributed by atoms with van der Waals surface area (Å²) in [6, 6.07) is 0. The molecule has 0 rings (SSSR count). The molecule has 19 heteroatoms. The maximum Gasteiger partial charge on any atom is 0.472 e. The zero-order valence-corrected chi connectivity index (χ0v) is 61.6. The van der Waals surface area contributed by atoms with E-state index >= 15 is 0 Å². The molecule has 0 heterocycles. The topological polar surface area (TPSA) is 237 Å². The van der Waals surface area contributed by atoms with E-state index in [2.05, 4.69) is 41.5 Å². The number of aliphatic hydroxyl groups excluding tert-OH is 1. The van der Waals surface area contributed by atoms with Gasteiger partial charge in [-0.05, 0) is 37.5 Å². The maximum atomic E-state index is 13.1. The second-order valence-corrected chi connectivity index (χ2v) is 30.2. The molecule has 0 spiro atoms. The first kappa shape index (κ1) is 90.1. The van der Waals surface area contributed by atoms with E-state index in [0.29, 0.717) is 31.6 Å². The molecule has 0 aromatic rings. The maximum absolute atomic E-state index is 13.1. The fourth-order valence-corrected chi connectivity index (χ4v) is 12.7. The first-order valence-electron chi connectivity index (χ1n) is 38.0. The molecule has 0 radical (unpaired) electrons. The number of hydrogen-bond donors (Lipinski definition) is 3. The van der Waals surface area contributed by atoms with Gasteiger partial charge < -0.3 is 33.8 Å². The first-order valence-corrected chi connectivity index (χ1v) is 41.0. The third-order valence-corrected chi connectivity index (χ3v) is 18.9. The van der Waals surface area contributed by atoms with Crippen molar-refractivity contribution in [2.45, 2.75) is 394 Å². The van der Waals surface area contributed by atoms with Crippen LogP contribution in [-0.4, -0.2) is 96.7 Å². The summed E-state index contributed by atoms with van der Waals surface area (Å²) >= 11 is 0. The van der Waals surface area contributed by atoms with E-state index in [0.717, 1.165) is 102 Å². The zero-order valence-electron chi connectivity index (χ0n) is 59.9. The molecule has 0 fully saturated rings. The van der Waals surface area contributed by atoms with E-state index < -0.39 is 97.5 Å². The van der Waals surface area contributed by atoms with Crippen LogP contribution in [0, 0.1) is 11.8 Å². The Morgan fingerprint density at radius 3 is 0.739 bits per heavy atom. The molecule has 0 aliphatic rings. The Balaban J connectivity index is 5.22. The number of phosphoric acid groups is 2. The fourth-order valence-electron chi connectivity index (χ4n) is 11.1. The minimum Gasteiger partial charge on any atom is -0.462 e. The van der Waals surface area contributed by atoms with Gasteiger partial charge in [-0.3, -0.25) is 37.3 Å². The van der Waals surface area contributed by atoms with Gasteiger partial charge in [0.15, 0.2) is 12.2 Å². The summed E-state index contributed by atoms with van der Waals surface area (Å²) in [5, 5.41) is 10.6. The smallest absolute Gasteiger partial charge is 0.462 e. The minimum absolute atomic E-state index is 0.106. The molecule has 0 aromatic carbocycles. The van der Waals surface area contributed by atoms with Crippen LogP contribution in [0.5, 0.6) is 0 Å². The van der Waals surface area contributed by atoms with E-state index in [1.165, 1.54) is 186 Å². The van der Waals surface area contributed by atoms with Crippen molar-refractivity contribution in [1.29, 1.82) is 0 Å². The molecule has 17 nitrogen and oxygen atoms in total. The molecular formula is C73H142O17P2. The second kappa shape index (κ2) is 65.0. The standard InChI is InChI=1S/C73H142O17P2/c1-7-9-11-13-15-17-19-21-22-23-24-25-26-28-34-38-46-52-58-73(78)89-68(61-83-70(75)55-49-43-36-32-30-29-31-35-41-47-53-65(3)4)63-87-91(79,80)85-59-67(74)60-86-92(81,82)88-64-69(62-84-71(76)56-50-44-40-39-42-48-54-66(5)6)90-72(77)57-51-45-37-33-27-20-18-16-14-12-10-8-2/h65-69,74H,7-64H2,1-6H3,(H,79,80)(H,81,82)/t67-,68-,69-/m1/s1. The monoisotopic (exact) mass is 1350 g/mol. The van der Waals surface area contributed by atoms with Crippen molar-refractivity contribution in [2.75, 3.05) is 39.6 Å². The van der Waals surface area contributed by atoms with E-state index in [-0.39, 0.29) is 25.7 Å². The Hall–Kier alpha value is -1.94. The molecule has 546 valence electrons. The van der Waals surface area contributed by atoms with Crippen LogP contribution in [0.3, 0.4) is 0 Å². The van der Waals surface area contributed by atoms with Gasteiger partial charge in [0.05, 0.1) is 26.4 Å². The Morgan fingerprint density at radius 2 is 0.500 bits per heavy atom. The highest BCUT2D eigenvalue weighted by Gasteiger charge is 2.30. The lowest BCUT2D eigenvalue weighted by atomic mass is 10.0. The zero-order chi connectivity index (χ0) is 67.9. The average molecular weight is 1350 g/mol. The van der Waals surface area contributed by atoms with Crippen molar-refractivity contribution in [1.82, 2.24) is 0 Å². The number of ether oxygens (including phenoxy) is 4. The van der Waals surface area contributed by atoms with E-state index in [9.17, 15) is 43.2 Å². The van der Waals surface area contributed by atoms with Crippen molar-refractivity contribution in [3.63, 3.8) is 0 Å². The molecule has 0 bridgehead atoms. The van der Waals surface area contributed by atoms with Gasteiger partial charge in [0.2, 0.25) is 0 Å². The first-order chi connectivity index (χ1) is 44.4. The Bertz CT molecular complexity index is 1790. The molecule has 0 aliphatic carbocycles. The number of carbonyl (C=O) groups is 4. The van der Waals surface area contributed by atoms with Gasteiger partial charge in [-0.1, -0.05) is 324 Å². The van der Waals surface area contributed by atoms with Gasteiger partial charge in [0, 0.05) is 25.7 Å². The van der Waals surface area contributed by atoms with Crippen LogP contribution in [-0.2, 0) is 65.4 Å². The van der Waals surface area contributed by atoms with Gasteiger partial charge in [0.1, 0.15) is 19.3 Å². The number of carbonyl (C=O) groups excluding carboxylic acids is 4. The molecule has 5 atom stereocenters. The summed E-state index contributed by atoms with van der Waals surface area (Å²) in [5.41, 5.74) is 0. The lowest BCUT2D eigenvalue weighted by molar-refractivity contribution is -0.161. The van der Waals surface area contributed by atoms with E-state index in [1.807, 2.05) is 0 Å². The van der Waals surface area contributed by atoms with E-state index in [1.54, 1.807) is 0 Å². The summed E-state index contributed by atoms with van der Waals surface area (Å²) in [7, 11) is -9.90. The van der Waals surface area contributed by atoms with Crippen molar-refractivity contribution >= 4 is 39.5 Å². The summed E-state index contributed by atoms with van der Waals surface area (Å²) in [6.45, 7) is 9.49.